The minimum atomic E-state index is -0.154. The topological polar surface area (TPSA) is 49.4 Å². The van der Waals surface area contributed by atoms with Crippen LogP contribution in [0.1, 0.15) is 38.3 Å². The molecule has 1 N–H and O–H groups in total. The number of carbonyl (C=O) groups excluding carboxylic acids is 2. The van der Waals surface area contributed by atoms with Gasteiger partial charge in [-0.3, -0.25) is 9.59 Å². The molecule has 0 aliphatic heterocycles. The van der Waals surface area contributed by atoms with E-state index in [0.717, 1.165) is 18.4 Å². The minimum Gasteiger partial charge on any atom is -0.352 e. The van der Waals surface area contributed by atoms with Crippen molar-refractivity contribution < 1.29 is 9.59 Å². The van der Waals surface area contributed by atoms with Gasteiger partial charge in [-0.05, 0) is 42.2 Å². The number of nitrogens with zero attached hydrogens (tertiary/aromatic N) is 1. The molecule has 0 spiro atoms. The Morgan fingerprint density at radius 2 is 1.41 bits per heavy atom. The van der Waals surface area contributed by atoms with E-state index in [9.17, 15) is 9.59 Å². The first-order chi connectivity index (χ1) is 14.1. The highest BCUT2D eigenvalue weighted by Crippen LogP contribution is 2.11. The third-order valence-electron chi connectivity index (χ3n) is 4.75. The van der Waals surface area contributed by atoms with Crippen molar-refractivity contribution in [1.29, 1.82) is 0 Å². The quantitative estimate of drug-likeness (QED) is 0.586. The highest BCUT2D eigenvalue weighted by atomic mass is 16.2. The maximum absolute atomic E-state index is 12.7. The number of amides is 2. The van der Waals surface area contributed by atoms with Gasteiger partial charge in [-0.2, -0.15) is 0 Å². The largest absolute Gasteiger partial charge is 0.352 e. The third-order valence-corrected chi connectivity index (χ3v) is 4.75. The van der Waals surface area contributed by atoms with Crippen LogP contribution in [0.15, 0.2) is 84.9 Å². The summed E-state index contributed by atoms with van der Waals surface area (Å²) in [4.78, 5) is 26.8. The van der Waals surface area contributed by atoms with Crippen molar-refractivity contribution in [2.75, 3.05) is 13.6 Å². The van der Waals surface area contributed by atoms with E-state index < -0.39 is 0 Å². The van der Waals surface area contributed by atoms with Crippen LogP contribution in [0.5, 0.6) is 0 Å². The Balaban J connectivity index is 1.53. The summed E-state index contributed by atoms with van der Waals surface area (Å²) < 4.78 is 0. The molecular weight excluding hydrogens is 360 g/mol. The standard InChI is InChI=1S/C25H26N2O2/c1-27(19-21-12-6-3-7-13-21)25(29)23-16-8-15-22(18-23)24(28)26-17-9-14-20-10-4-2-5-11-20/h2-8,10-13,15-16,18H,9,14,17,19H2,1H3,(H,26,28). The summed E-state index contributed by atoms with van der Waals surface area (Å²) >= 11 is 0. The molecule has 3 aromatic carbocycles. The average Bonchev–Trinajstić information content (AvgIpc) is 2.77. The molecule has 3 aromatic rings. The lowest BCUT2D eigenvalue weighted by Crippen LogP contribution is -2.27. The van der Waals surface area contributed by atoms with Crippen LogP contribution in [0.3, 0.4) is 0 Å². The maximum atomic E-state index is 12.7. The SMILES string of the molecule is CN(Cc1ccccc1)C(=O)c1cccc(C(=O)NCCCc2ccccc2)c1. The summed E-state index contributed by atoms with van der Waals surface area (Å²) in [6.07, 6.45) is 1.79. The van der Waals surface area contributed by atoms with Gasteiger partial charge in [0, 0.05) is 31.3 Å². The van der Waals surface area contributed by atoms with Gasteiger partial charge in [-0.25, -0.2) is 0 Å². The number of aryl methyl sites for hydroxylation is 1. The summed E-state index contributed by atoms with van der Waals surface area (Å²) in [5, 5.41) is 2.94. The first kappa shape index (κ1) is 20.3. The predicted molar refractivity (Wildman–Crippen MR) is 116 cm³/mol. The first-order valence-corrected chi connectivity index (χ1v) is 9.85. The van der Waals surface area contributed by atoms with Crippen LogP contribution < -0.4 is 5.32 Å². The lowest BCUT2D eigenvalue weighted by molar-refractivity contribution is 0.0785. The Kier molecular flexibility index (Phi) is 7.17. The highest BCUT2D eigenvalue weighted by molar-refractivity contribution is 5.99. The zero-order valence-electron chi connectivity index (χ0n) is 16.7. The van der Waals surface area contributed by atoms with Crippen LogP contribution in [-0.2, 0) is 13.0 Å². The van der Waals surface area contributed by atoms with Crippen LogP contribution in [-0.4, -0.2) is 30.3 Å². The molecule has 0 aliphatic rings. The fourth-order valence-corrected chi connectivity index (χ4v) is 3.18. The van der Waals surface area contributed by atoms with Crippen LogP contribution in [0.2, 0.25) is 0 Å². The van der Waals surface area contributed by atoms with Gasteiger partial charge < -0.3 is 10.2 Å². The molecule has 2 amide bonds. The number of benzene rings is 3. The van der Waals surface area contributed by atoms with Gasteiger partial charge in [0.05, 0.1) is 0 Å². The molecule has 29 heavy (non-hydrogen) atoms. The molecule has 4 nitrogen and oxygen atoms in total. The second-order valence-electron chi connectivity index (χ2n) is 7.07. The number of hydrogen-bond acceptors (Lipinski definition) is 2. The molecule has 0 heterocycles. The fourth-order valence-electron chi connectivity index (χ4n) is 3.18. The second-order valence-corrected chi connectivity index (χ2v) is 7.07. The van der Waals surface area contributed by atoms with Crippen molar-refractivity contribution in [3.05, 3.63) is 107 Å². The molecule has 3 rings (SSSR count). The predicted octanol–water partition coefficient (Wildman–Crippen LogP) is 4.32. The van der Waals surface area contributed by atoms with Gasteiger partial charge in [-0.1, -0.05) is 66.7 Å². The average molecular weight is 386 g/mol. The van der Waals surface area contributed by atoms with Crippen molar-refractivity contribution in [2.24, 2.45) is 0 Å². The van der Waals surface area contributed by atoms with Gasteiger partial charge in [0.15, 0.2) is 0 Å². The van der Waals surface area contributed by atoms with Crippen molar-refractivity contribution in [3.8, 4) is 0 Å². The molecular formula is C25H26N2O2. The van der Waals surface area contributed by atoms with Crippen LogP contribution >= 0.6 is 0 Å². The van der Waals surface area contributed by atoms with Gasteiger partial charge in [0.1, 0.15) is 0 Å². The zero-order valence-corrected chi connectivity index (χ0v) is 16.7. The molecule has 0 unspecified atom stereocenters. The fraction of sp³-hybridized carbons (Fsp3) is 0.200. The van der Waals surface area contributed by atoms with Crippen molar-refractivity contribution >= 4 is 11.8 Å². The Morgan fingerprint density at radius 3 is 2.10 bits per heavy atom. The summed E-state index contributed by atoms with van der Waals surface area (Å²) in [6, 6.07) is 26.9. The minimum absolute atomic E-state index is 0.104. The second kappa shape index (κ2) is 10.2. The summed E-state index contributed by atoms with van der Waals surface area (Å²) in [5.41, 5.74) is 3.34. The third kappa shape index (κ3) is 6.04. The molecule has 0 saturated heterocycles. The first-order valence-electron chi connectivity index (χ1n) is 9.85. The molecule has 0 radical (unpaired) electrons. The van der Waals surface area contributed by atoms with E-state index in [-0.39, 0.29) is 11.8 Å². The number of nitrogens with one attached hydrogen (secondary N) is 1. The molecule has 0 fully saturated rings. The number of rotatable bonds is 8. The van der Waals surface area contributed by atoms with Gasteiger partial charge in [-0.15, -0.1) is 0 Å². The van der Waals surface area contributed by atoms with E-state index in [1.807, 2.05) is 48.5 Å². The smallest absolute Gasteiger partial charge is 0.253 e. The Hall–Kier alpha value is -3.40. The monoisotopic (exact) mass is 386 g/mol. The Morgan fingerprint density at radius 1 is 0.793 bits per heavy atom. The van der Waals surface area contributed by atoms with E-state index in [2.05, 4.69) is 17.4 Å². The normalized spacial score (nSPS) is 10.4. The van der Waals surface area contributed by atoms with E-state index in [1.165, 1.54) is 5.56 Å². The molecule has 0 aliphatic carbocycles. The van der Waals surface area contributed by atoms with Crippen LogP contribution in [0.4, 0.5) is 0 Å². The number of hydrogen-bond donors (Lipinski definition) is 1. The molecule has 0 saturated carbocycles. The van der Waals surface area contributed by atoms with E-state index >= 15 is 0 Å². The number of carbonyl (C=O) groups is 2. The molecule has 0 atom stereocenters. The van der Waals surface area contributed by atoms with E-state index in [1.54, 1.807) is 36.2 Å². The summed E-state index contributed by atoms with van der Waals surface area (Å²) in [7, 11) is 1.77. The molecule has 148 valence electrons. The lowest BCUT2D eigenvalue weighted by atomic mass is 10.1. The maximum Gasteiger partial charge on any atom is 0.253 e. The van der Waals surface area contributed by atoms with Gasteiger partial charge in [0.25, 0.3) is 11.8 Å². The van der Waals surface area contributed by atoms with E-state index in [4.69, 9.17) is 0 Å². The van der Waals surface area contributed by atoms with Crippen molar-refractivity contribution in [2.45, 2.75) is 19.4 Å². The molecule has 4 heteroatoms. The van der Waals surface area contributed by atoms with Crippen molar-refractivity contribution in [1.82, 2.24) is 10.2 Å². The van der Waals surface area contributed by atoms with Crippen LogP contribution in [0.25, 0.3) is 0 Å². The lowest BCUT2D eigenvalue weighted by Gasteiger charge is -2.17. The van der Waals surface area contributed by atoms with Crippen LogP contribution in [0, 0.1) is 0 Å². The Labute approximate surface area is 172 Å². The summed E-state index contributed by atoms with van der Waals surface area (Å²) in [6.45, 7) is 1.12. The van der Waals surface area contributed by atoms with Gasteiger partial charge in [0.2, 0.25) is 0 Å². The Bertz CT molecular complexity index is 939. The van der Waals surface area contributed by atoms with Gasteiger partial charge >= 0.3 is 0 Å². The molecule has 0 aromatic heterocycles. The summed E-state index contributed by atoms with van der Waals surface area (Å²) in [5.74, 6) is -0.258. The highest BCUT2D eigenvalue weighted by Gasteiger charge is 2.14. The van der Waals surface area contributed by atoms with E-state index in [0.29, 0.717) is 24.2 Å². The molecule has 0 bridgehead atoms. The zero-order chi connectivity index (χ0) is 20.5. The van der Waals surface area contributed by atoms with Crippen molar-refractivity contribution in [3.63, 3.8) is 0 Å².